The van der Waals surface area contributed by atoms with Gasteiger partial charge in [-0.2, -0.15) is 5.10 Å². The van der Waals surface area contributed by atoms with Crippen LogP contribution in [0.1, 0.15) is 40.2 Å². The fraction of sp³-hybridized carbons (Fsp3) is 0.208. The Kier molecular flexibility index (Phi) is 6.18. The Morgan fingerprint density at radius 3 is 2.47 bits per heavy atom. The fourth-order valence-corrected chi connectivity index (χ4v) is 5.38. The van der Waals surface area contributed by atoms with Crippen LogP contribution < -0.4 is 5.14 Å². The van der Waals surface area contributed by atoms with Gasteiger partial charge in [-0.25, -0.2) is 36.8 Å². The van der Waals surface area contributed by atoms with E-state index in [1.165, 1.54) is 23.6 Å². The summed E-state index contributed by atoms with van der Waals surface area (Å²) in [6.07, 6.45) is 2.91. The number of aromatic carboxylic acids is 1. The van der Waals surface area contributed by atoms with Gasteiger partial charge < -0.3 is 5.11 Å². The Morgan fingerprint density at radius 2 is 1.89 bits per heavy atom. The maximum Gasteiger partial charge on any atom is 0.355 e. The van der Waals surface area contributed by atoms with E-state index in [0.29, 0.717) is 34.3 Å². The van der Waals surface area contributed by atoms with Crippen LogP contribution >= 0.6 is 11.3 Å². The third kappa shape index (κ3) is 4.92. The van der Waals surface area contributed by atoms with E-state index < -0.39 is 32.5 Å². The molecule has 1 aliphatic rings. The number of carboxylic acid groups (broad SMARTS) is 1. The first-order chi connectivity index (χ1) is 17.1. The summed E-state index contributed by atoms with van der Waals surface area (Å²) in [5.41, 5.74) is 3.06. The quantitative estimate of drug-likeness (QED) is 0.352. The highest BCUT2D eigenvalue weighted by atomic mass is 32.2. The Hall–Kier alpha value is -3.48. The number of carboxylic acids is 1. The number of nitrogens with zero attached hydrogens (tertiary/aromatic N) is 3. The number of primary sulfonamides is 1. The molecule has 0 saturated heterocycles. The molecular weight excluding hydrogens is 510 g/mol. The SMILES string of the molecule is NS(=O)(=O)c1ccc(Cc2c(-c3ccc(F)cc3)nn(-c3nc(C(=O)O)cs3)c2CC2CC2)cc1F. The molecule has 3 N–H and O–H groups in total. The Morgan fingerprint density at radius 1 is 1.17 bits per heavy atom. The Labute approximate surface area is 209 Å². The fourth-order valence-electron chi connectivity index (χ4n) is 4.02. The number of rotatable bonds is 8. The molecule has 1 aliphatic carbocycles. The Balaban J connectivity index is 1.67. The predicted molar refractivity (Wildman–Crippen MR) is 129 cm³/mol. The van der Waals surface area contributed by atoms with Crippen molar-refractivity contribution in [2.45, 2.75) is 30.6 Å². The predicted octanol–water partition coefficient (Wildman–Crippen LogP) is 4.16. The lowest BCUT2D eigenvalue weighted by atomic mass is 9.97. The van der Waals surface area contributed by atoms with Gasteiger partial charge in [0.1, 0.15) is 16.5 Å². The van der Waals surface area contributed by atoms with E-state index in [-0.39, 0.29) is 12.1 Å². The van der Waals surface area contributed by atoms with Gasteiger partial charge in [0.25, 0.3) is 0 Å². The maximum absolute atomic E-state index is 14.6. The van der Waals surface area contributed by atoms with Crippen molar-refractivity contribution in [3.8, 4) is 16.4 Å². The largest absolute Gasteiger partial charge is 0.476 e. The molecule has 0 atom stereocenters. The van der Waals surface area contributed by atoms with Crippen LogP contribution in [0.5, 0.6) is 0 Å². The summed E-state index contributed by atoms with van der Waals surface area (Å²) in [6.45, 7) is 0. The first-order valence-electron chi connectivity index (χ1n) is 11.0. The van der Waals surface area contributed by atoms with Crippen molar-refractivity contribution >= 4 is 27.3 Å². The minimum atomic E-state index is -4.21. The standard InChI is InChI=1S/C24H20F2N4O4S2/c25-16-6-4-15(5-7-16)22-17(9-14-3-8-21(18(26)10-14)36(27,33)34)20(11-13-1-2-13)30(29-22)24-28-19(12-35-24)23(31)32/h3-8,10,12-13H,1-2,9,11H2,(H,31,32)(H2,27,33,34). The van der Waals surface area contributed by atoms with Crippen molar-refractivity contribution in [2.75, 3.05) is 0 Å². The minimum absolute atomic E-state index is 0.103. The van der Waals surface area contributed by atoms with Crippen molar-refractivity contribution in [2.24, 2.45) is 11.1 Å². The molecule has 2 aromatic heterocycles. The summed E-state index contributed by atoms with van der Waals surface area (Å²) in [7, 11) is -4.21. The van der Waals surface area contributed by atoms with Gasteiger partial charge in [0.15, 0.2) is 5.69 Å². The monoisotopic (exact) mass is 530 g/mol. The smallest absolute Gasteiger partial charge is 0.355 e. The van der Waals surface area contributed by atoms with Gasteiger partial charge in [0.2, 0.25) is 15.2 Å². The second-order valence-corrected chi connectivity index (χ2v) is 11.0. The van der Waals surface area contributed by atoms with Crippen LogP contribution in [-0.2, 0) is 22.9 Å². The molecule has 0 aliphatic heterocycles. The lowest BCUT2D eigenvalue weighted by molar-refractivity contribution is 0.0691. The summed E-state index contributed by atoms with van der Waals surface area (Å²) in [5.74, 6) is -2.11. The average molecular weight is 531 g/mol. The number of thiazole rings is 1. The molecule has 1 saturated carbocycles. The third-order valence-corrected chi connectivity index (χ3v) is 7.72. The van der Waals surface area contributed by atoms with Crippen LogP contribution in [0.4, 0.5) is 8.78 Å². The molecule has 0 amide bonds. The maximum atomic E-state index is 14.6. The van der Waals surface area contributed by atoms with Crippen LogP contribution in [0, 0.1) is 17.6 Å². The molecule has 12 heteroatoms. The minimum Gasteiger partial charge on any atom is -0.476 e. The zero-order valence-electron chi connectivity index (χ0n) is 18.7. The number of halogens is 2. The molecule has 0 spiro atoms. The second kappa shape index (κ2) is 9.19. The topological polar surface area (TPSA) is 128 Å². The molecule has 2 aromatic carbocycles. The number of benzene rings is 2. The molecule has 0 unspecified atom stereocenters. The highest BCUT2D eigenvalue weighted by Gasteiger charge is 2.29. The van der Waals surface area contributed by atoms with Crippen LogP contribution in [0.3, 0.4) is 0 Å². The van der Waals surface area contributed by atoms with Gasteiger partial charge in [-0.05, 0) is 67.1 Å². The molecule has 0 radical (unpaired) electrons. The molecular formula is C24H20F2N4O4S2. The molecule has 0 bridgehead atoms. The van der Waals surface area contributed by atoms with Crippen molar-refractivity contribution in [1.29, 1.82) is 0 Å². The van der Waals surface area contributed by atoms with E-state index in [2.05, 4.69) is 4.98 Å². The third-order valence-electron chi connectivity index (χ3n) is 5.96. The van der Waals surface area contributed by atoms with Gasteiger partial charge in [-0.15, -0.1) is 11.3 Å². The summed E-state index contributed by atoms with van der Waals surface area (Å²) in [5, 5.41) is 21.0. The number of aromatic nitrogens is 3. The normalized spacial score (nSPS) is 13.8. The van der Waals surface area contributed by atoms with E-state index in [4.69, 9.17) is 10.2 Å². The number of hydrogen-bond acceptors (Lipinski definition) is 6. The van der Waals surface area contributed by atoms with Gasteiger partial charge in [0, 0.05) is 22.9 Å². The van der Waals surface area contributed by atoms with E-state index >= 15 is 0 Å². The van der Waals surface area contributed by atoms with Gasteiger partial charge in [-0.3, -0.25) is 0 Å². The van der Waals surface area contributed by atoms with Crippen molar-refractivity contribution < 1.29 is 27.1 Å². The number of hydrogen-bond donors (Lipinski definition) is 2. The van der Waals surface area contributed by atoms with Crippen molar-refractivity contribution in [3.63, 3.8) is 0 Å². The average Bonchev–Trinajstić information content (AvgIpc) is 3.37. The number of carbonyl (C=O) groups is 1. The zero-order chi connectivity index (χ0) is 25.6. The number of sulfonamides is 1. The van der Waals surface area contributed by atoms with Crippen molar-refractivity contribution in [1.82, 2.24) is 14.8 Å². The summed E-state index contributed by atoms with van der Waals surface area (Å²) in [6, 6.07) is 9.53. The second-order valence-electron chi connectivity index (χ2n) is 8.65. The van der Waals surface area contributed by atoms with E-state index in [1.54, 1.807) is 16.8 Å². The van der Waals surface area contributed by atoms with Crippen LogP contribution in [0.2, 0.25) is 0 Å². The molecule has 1 fully saturated rings. The lowest BCUT2D eigenvalue weighted by Gasteiger charge is -2.10. The van der Waals surface area contributed by atoms with E-state index in [9.17, 15) is 27.1 Å². The molecule has 8 nitrogen and oxygen atoms in total. The van der Waals surface area contributed by atoms with Gasteiger partial charge in [0.05, 0.1) is 11.4 Å². The summed E-state index contributed by atoms with van der Waals surface area (Å²) >= 11 is 1.13. The summed E-state index contributed by atoms with van der Waals surface area (Å²) < 4.78 is 53.1. The molecule has 2 heterocycles. The van der Waals surface area contributed by atoms with Crippen molar-refractivity contribution in [3.05, 3.63) is 82.0 Å². The van der Waals surface area contributed by atoms with Crippen LogP contribution in [-0.4, -0.2) is 34.3 Å². The lowest BCUT2D eigenvalue weighted by Crippen LogP contribution is -2.14. The first-order valence-corrected chi connectivity index (χ1v) is 13.4. The summed E-state index contributed by atoms with van der Waals surface area (Å²) in [4.78, 5) is 15.0. The van der Waals surface area contributed by atoms with Crippen LogP contribution in [0.15, 0.2) is 52.7 Å². The molecule has 5 rings (SSSR count). The zero-order valence-corrected chi connectivity index (χ0v) is 20.3. The molecule has 4 aromatic rings. The Bertz CT molecular complexity index is 1580. The highest BCUT2D eigenvalue weighted by Crippen LogP contribution is 2.38. The molecule has 186 valence electrons. The highest BCUT2D eigenvalue weighted by molar-refractivity contribution is 7.89. The van der Waals surface area contributed by atoms with Gasteiger partial charge in [-0.1, -0.05) is 6.07 Å². The van der Waals surface area contributed by atoms with E-state index in [0.717, 1.165) is 47.6 Å². The van der Waals surface area contributed by atoms with Crippen LogP contribution in [0.25, 0.3) is 16.4 Å². The van der Waals surface area contributed by atoms with E-state index in [1.807, 2.05) is 0 Å². The molecule has 36 heavy (non-hydrogen) atoms. The number of nitrogens with two attached hydrogens (primary N) is 1. The first kappa shape index (κ1) is 24.2. The van der Waals surface area contributed by atoms with Gasteiger partial charge >= 0.3 is 5.97 Å².